The van der Waals surface area contributed by atoms with Gasteiger partial charge in [-0.1, -0.05) is 42.0 Å². The number of nitrogens with zero attached hydrogens (tertiary/aromatic N) is 5. The number of ether oxygens (including phenoxy) is 1. The maximum absolute atomic E-state index is 12.8. The Labute approximate surface area is 225 Å². The van der Waals surface area contributed by atoms with Gasteiger partial charge in [0.15, 0.2) is 16.9 Å². The molecule has 0 radical (unpaired) electrons. The summed E-state index contributed by atoms with van der Waals surface area (Å²) >= 11 is 0. The van der Waals surface area contributed by atoms with Crippen LogP contribution in [0.2, 0.25) is 0 Å². The molecule has 0 fully saturated rings. The molecule has 0 bridgehead atoms. The Morgan fingerprint density at radius 3 is 2.65 bits per heavy atom. The fourth-order valence-electron chi connectivity index (χ4n) is 4.66. The number of fused-ring (bicyclic) bond motifs is 3. The van der Waals surface area contributed by atoms with Crippen molar-refractivity contribution in [3.63, 3.8) is 0 Å². The van der Waals surface area contributed by atoms with Crippen LogP contribution in [0, 0.1) is 6.92 Å². The first-order valence-corrected chi connectivity index (χ1v) is 12.5. The standard InChI is InChI=1S/C28H25N7O5/c1-15-7-10-21-20(11-15)22(25(37)29-21)32-33-27-30-24-23(26(38)31-28(39)34(24)2)35(27)13-18(36)14-40-19-9-8-16-5-3-4-6-17(16)12-19/h3-12,18,29,36-37H,13-14H2,1-2H3,(H,31,38,39)/t18-/m1/s1. The second-order valence-electron chi connectivity index (χ2n) is 9.56. The van der Waals surface area contributed by atoms with E-state index in [1.807, 2.05) is 67.6 Å². The van der Waals surface area contributed by atoms with Crippen molar-refractivity contribution in [2.45, 2.75) is 19.6 Å². The number of aromatic hydroxyl groups is 1. The Morgan fingerprint density at radius 1 is 1.02 bits per heavy atom. The van der Waals surface area contributed by atoms with Gasteiger partial charge in [-0.25, -0.2) is 4.79 Å². The average molecular weight is 540 g/mol. The molecule has 0 aliphatic carbocycles. The average Bonchev–Trinajstić information content (AvgIpc) is 3.45. The molecule has 0 saturated heterocycles. The number of aryl methyl sites for hydroxylation is 2. The van der Waals surface area contributed by atoms with Gasteiger partial charge in [0.2, 0.25) is 5.88 Å². The Morgan fingerprint density at radius 2 is 1.82 bits per heavy atom. The molecule has 3 aromatic heterocycles. The molecule has 0 aliphatic rings. The number of benzene rings is 3. The first kappa shape index (κ1) is 25.1. The van der Waals surface area contributed by atoms with Crippen molar-refractivity contribution in [1.29, 1.82) is 0 Å². The third kappa shape index (κ3) is 4.50. The highest BCUT2D eigenvalue weighted by atomic mass is 16.5. The summed E-state index contributed by atoms with van der Waals surface area (Å²) in [6.07, 6.45) is -1.07. The summed E-state index contributed by atoms with van der Waals surface area (Å²) in [7, 11) is 1.46. The SMILES string of the molecule is Cc1ccc2[nH]c(O)c(N=Nc3nc4c(c(=O)[nH]c(=O)n4C)n3C[C@@H](O)COc3ccc4ccccc4c3)c2c1. The zero-order chi connectivity index (χ0) is 28.0. The van der Waals surface area contributed by atoms with E-state index in [1.54, 1.807) is 0 Å². The minimum absolute atomic E-state index is 0.0344. The van der Waals surface area contributed by atoms with Crippen LogP contribution in [0.5, 0.6) is 11.6 Å². The monoisotopic (exact) mass is 539 g/mol. The first-order valence-electron chi connectivity index (χ1n) is 12.5. The van der Waals surface area contributed by atoms with Crippen LogP contribution < -0.4 is 16.0 Å². The summed E-state index contributed by atoms with van der Waals surface area (Å²) in [5, 5.41) is 32.5. The molecule has 3 aromatic carbocycles. The van der Waals surface area contributed by atoms with Crippen LogP contribution in [-0.4, -0.2) is 47.0 Å². The molecule has 40 heavy (non-hydrogen) atoms. The lowest BCUT2D eigenvalue weighted by Crippen LogP contribution is -2.30. The number of azo groups is 1. The highest BCUT2D eigenvalue weighted by molar-refractivity contribution is 5.94. The normalized spacial score (nSPS) is 12.7. The molecular formula is C28H25N7O5. The fourth-order valence-corrected chi connectivity index (χ4v) is 4.66. The lowest BCUT2D eigenvalue weighted by Gasteiger charge is -2.14. The van der Waals surface area contributed by atoms with Gasteiger partial charge in [-0.3, -0.25) is 18.9 Å². The number of aromatic amines is 2. The van der Waals surface area contributed by atoms with Gasteiger partial charge in [-0.15, -0.1) is 10.2 Å². The maximum Gasteiger partial charge on any atom is 0.329 e. The van der Waals surface area contributed by atoms with Gasteiger partial charge in [-0.2, -0.15) is 4.98 Å². The quantitative estimate of drug-likeness (QED) is 0.225. The van der Waals surface area contributed by atoms with Crippen molar-refractivity contribution >= 4 is 44.5 Å². The lowest BCUT2D eigenvalue weighted by atomic mass is 10.1. The highest BCUT2D eigenvalue weighted by Crippen LogP contribution is 2.37. The Bertz CT molecular complexity index is 2050. The van der Waals surface area contributed by atoms with E-state index >= 15 is 0 Å². The highest BCUT2D eigenvalue weighted by Gasteiger charge is 2.21. The van der Waals surface area contributed by atoms with Crippen molar-refractivity contribution in [2.24, 2.45) is 17.3 Å². The second kappa shape index (κ2) is 9.82. The molecule has 12 heteroatoms. The van der Waals surface area contributed by atoms with E-state index in [1.165, 1.54) is 16.2 Å². The molecule has 202 valence electrons. The molecule has 0 amide bonds. The molecule has 0 aliphatic heterocycles. The van der Waals surface area contributed by atoms with Crippen molar-refractivity contribution in [2.75, 3.05) is 6.61 Å². The summed E-state index contributed by atoms with van der Waals surface area (Å²) in [6, 6.07) is 19.0. The molecule has 0 spiro atoms. The molecule has 6 rings (SSSR count). The predicted molar refractivity (Wildman–Crippen MR) is 150 cm³/mol. The van der Waals surface area contributed by atoms with Gasteiger partial charge < -0.3 is 19.9 Å². The number of aliphatic hydroxyl groups excluding tert-OH is 1. The van der Waals surface area contributed by atoms with E-state index in [4.69, 9.17) is 4.74 Å². The molecule has 3 heterocycles. The Hall–Kier alpha value is -5.23. The molecule has 4 N–H and O–H groups in total. The lowest BCUT2D eigenvalue weighted by molar-refractivity contribution is 0.0938. The van der Waals surface area contributed by atoms with E-state index in [-0.39, 0.29) is 41.8 Å². The summed E-state index contributed by atoms with van der Waals surface area (Å²) in [6.45, 7) is 1.71. The number of nitrogens with one attached hydrogen (secondary N) is 2. The van der Waals surface area contributed by atoms with Crippen LogP contribution in [0.3, 0.4) is 0 Å². The van der Waals surface area contributed by atoms with Crippen molar-refractivity contribution in [1.82, 2.24) is 24.1 Å². The van der Waals surface area contributed by atoms with Crippen molar-refractivity contribution in [3.8, 4) is 11.6 Å². The molecular weight excluding hydrogens is 514 g/mol. The predicted octanol–water partition coefficient (Wildman–Crippen LogP) is 3.93. The van der Waals surface area contributed by atoms with E-state index in [0.29, 0.717) is 16.7 Å². The molecule has 6 aromatic rings. The zero-order valence-corrected chi connectivity index (χ0v) is 21.6. The number of hydrogen-bond donors (Lipinski definition) is 4. The third-order valence-corrected chi connectivity index (χ3v) is 6.69. The number of aliphatic hydroxyl groups is 1. The number of aromatic nitrogens is 5. The van der Waals surface area contributed by atoms with E-state index < -0.39 is 17.4 Å². The van der Waals surface area contributed by atoms with E-state index in [9.17, 15) is 19.8 Å². The van der Waals surface area contributed by atoms with Gasteiger partial charge in [0.25, 0.3) is 11.5 Å². The molecule has 1 atom stereocenters. The summed E-state index contributed by atoms with van der Waals surface area (Å²) in [4.78, 5) is 34.5. The van der Waals surface area contributed by atoms with Crippen LogP contribution in [0.1, 0.15) is 5.56 Å². The Balaban J connectivity index is 1.34. The van der Waals surface area contributed by atoms with Gasteiger partial charge >= 0.3 is 5.69 Å². The third-order valence-electron chi connectivity index (χ3n) is 6.69. The van der Waals surface area contributed by atoms with Crippen molar-refractivity contribution in [3.05, 3.63) is 87.1 Å². The molecule has 0 unspecified atom stereocenters. The van der Waals surface area contributed by atoms with Gasteiger partial charge in [-0.05, 0) is 42.0 Å². The summed E-state index contributed by atoms with van der Waals surface area (Å²) in [5.74, 6) is 0.368. The zero-order valence-electron chi connectivity index (χ0n) is 21.6. The van der Waals surface area contributed by atoms with Gasteiger partial charge in [0.05, 0.1) is 12.1 Å². The second-order valence-corrected chi connectivity index (χ2v) is 9.56. The molecule has 0 saturated carbocycles. The fraction of sp³-hybridized carbons (Fsp3) is 0.179. The minimum atomic E-state index is -1.07. The van der Waals surface area contributed by atoms with Crippen LogP contribution in [-0.2, 0) is 13.6 Å². The number of rotatable bonds is 7. The summed E-state index contributed by atoms with van der Waals surface area (Å²) < 4.78 is 8.38. The smallest absolute Gasteiger partial charge is 0.329 e. The van der Waals surface area contributed by atoms with Crippen LogP contribution in [0.4, 0.5) is 11.6 Å². The van der Waals surface area contributed by atoms with Crippen LogP contribution >= 0.6 is 0 Å². The topological polar surface area (TPSA) is 163 Å². The van der Waals surface area contributed by atoms with E-state index in [0.717, 1.165) is 16.3 Å². The number of hydrogen-bond acceptors (Lipinski definition) is 8. The maximum atomic E-state index is 12.8. The largest absolute Gasteiger partial charge is 0.493 e. The minimum Gasteiger partial charge on any atom is -0.493 e. The first-order chi connectivity index (χ1) is 19.3. The molecule has 12 nitrogen and oxygen atoms in total. The van der Waals surface area contributed by atoms with E-state index in [2.05, 4.69) is 25.2 Å². The van der Waals surface area contributed by atoms with Crippen LogP contribution in [0.15, 0.2) is 80.5 Å². The van der Waals surface area contributed by atoms with Crippen LogP contribution in [0.25, 0.3) is 32.8 Å². The summed E-state index contributed by atoms with van der Waals surface area (Å²) in [5.41, 5.74) is 0.622. The van der Waals surface area contributed by atoms with Crippen molar-refractivity contribution < 1.29 is 14.9 Å². The Kier molecular flexibility index (Phi) is 6.15. The van der Waals surface area contributed by atoms with Gasteiger partial charge in [0, 0.05) is 12.4 Å². The number of H-pyrrole nitrogens is 2. The van der Waals surface area contributed by atoms with Gasteiger partial charge in [0.1, 0.15) is 18.5 Å². The number of imidazole rings is 1.